The number of ketones is 1. The van der Waals surface area contributed by atoms with Crippen molar-refractivity contribution in [3.8, 4) is 0 Å². The number of carbonyl (C=O) groups excluding carboxylic acids is 2. The van der Waals surface area contributed by atoms with Crippen LogP contribution in [-0.2, 0) is 4.74 Å². The van der Waals surface area contributed by atoms with E-state index in [0.29, 0.717) is 22.2 Å². The molecule has 0 fully saturated rings. The Bertz CT molecular complexity index is 952. The first kappa shape index (κ1) is 14.8. The number of rotatable bonds is 4. The summed E-state index contributed by atoms with van der Waals surface area (Å²) in [6.07, 6.45) is 0. The molecule has 1 aromatic heterocycles. The fourth-order valence-electron chi connectivity index (χ4n) is 2.28. The van der Waals surface area contributed by atoms with Crippen molar-refractivity contribution >= 4 is 22.8 Å². The van der Waals surface area contributed by atoms with Crippen LogP contribution in [0.4, 0.5) is 0 Å². The van der Waals surface area contributed by atoms with Gasteiger partial charge in [-0.25, -0.2) is 9.59 Å². The van der Waals surface area contributed by atoms with Crippen LogP contribution in [0.15, 0.2) is 47.3 Å². The van der Waals surface area contributed by atoms with Gasteiger partial charge in [0.1, 0.15) is 0 Å². The van der Waals surface area contributed by atoms with Gasteiger partial charge in [0.2, 0.25) is 0 Å². The van der Waals surface area contributed by atoms with Gasteiger partial charge < -0.3 is 14.7 Å². The molecular weight excluding hydrogens is 296 g/mol. The molecule has 0 aliphatic rings. The van der Waals surface area contributed by atoms with Crippen molar-refractivity contribution in [2.75, 3.05) is 6.61 Å². The molecule has 0 atom stereocenters. The highest BCUT2D eigenvalue weighted by molar-refractivity contribution is 6.01. The number of hydrogen-bond acceptors (Lipinski definition) is 4. The molecule has 23 heavy (non-hydrogen) atoms. The number of carbonyl (C=O) groups is 2. The first-order chi connectivity index (χ1) is 11.0. The van der Waals surface area contributed by atoms with Crippen LogP contribution >= 0.6 is 0 Å². The van der Waals surface area contributed by atoms with Gasteiger partial charge in [0.15, 0.2) is 12.4 Å². The second kappa shape index (κ2) is 5.92. The maximum Gasteiger partial charge on any atom is 0.338 e. The van der Waals surface area contributed by atoms with Gasteiger partial charge in [-0.3, -0.25) is 4.79 Å². The minimum Gasteiger partial charge on any atom is -0.454 e. The van der Waals surface area contributed by atoms with Crippen molar-refractivity contribution < 1.29 is 14.3 Å². The molecule has 6 heteroatoms. The molecule has 2 N–H and O–H groups in total. The highest BCUT2D eigenvalue weighted by Crippen LogP contribution is 2.11. The van der Waals surface area contributed by atoms with E-state index >= 15 is 0 Å². The van der Waals surface area contributed by atoms with Crippen molar-refractivity contribution in [3.63, 3.8) is 0 Å². The molecule has 0 saturated carbocycles. The number of hydrogen-bond donors (Lipinski definition) is 2. The summed E-state index contributed by atoms with van der Waals surface area (Å²) in [4.78, 5) is 40.4. The van der Waals surface area contributed by atoms with E-state index in [1.165, 1.54) is 0 Å². The fraction of sp³-hybridized carbons (Fsp3) is 0.118. The lowest BCUT2D eigenvalue weighted by Crippen LogP contribution is -2.14. The molecule has 0 saturated heterocycles. The molecule has 6 nitrogen and oxygen atoms in total. The van der Waals surface area contributed by atoms with Crippen LogP contribution in [0.5, 0.6) is 0 Å². The predicted octanol–water partition coefficient (Wildman–Crippen LogP) is 2.20. The summed E-state index contributed by atoms with van der Waals surface area (Å²) in [5.74, 6) is -0.881. The third-order valence-electron chi connectivity index (χ3n) is 3.43. The monoisotopic (exact) mass is 310 g/mol. The molecule has 0 spiro atoms. The molecule has 0 amide bonds. The molecule has 0 aliphatic carbocycles. The number of ether oxygens (including phenoxy) is 1. The second-order valence-electron chi connectivity index (χ2n) is 5.21. The van der Waals surface area contributed by atoms with Crippen molar-refractivity contribution in [2.24, 2.45) is 0 Å². The summed E-state index contributed by atoms with van der Waals surface area (Å²) < 4.78 is 5.05. The summed E-state index contributed by atoms with van der Waals surface area (Å²) in [7, 11) is 0. The van der Waals surface area contributed by atoms with Crippen LogP contribution in [0, 0.1) is 6.92 Å². The molecule has 0 unspecified atom stereocenters. The Morgan fingerprint density at radius 3 is 2.57 bits per heavy atom. The van der Waals surface area contributed by atoms with Crippen molar-refractivity contribution in [1.82, 2.24) is 9.97 Å². The summed E-state index contributed by atoms with van der Waals surface area (Å²) >= 11 is 0. The van der Waals surface area contributed by atoms with E-state index in [-0.39, 0.29) is 18.1 Å². The van der Waals surface area contributed by atoms with E-state index < -0.39 is 5.97 Å². The van der Waals surface area contributed by atoms with Gasteiger partial charge in [0.05, 0.1) is 16.6 Å². The highest BCUT2D eigenvalue weighted by Gasteiger charge is 2.13. The maximum absolute atomic E-state index is 12.1. The minimum absolute atomic E-state index is 0.338. The van der Waals surface area contributed by atoms with Gasteiger partial charge in [-0.05, 0) is 37.3 Å². The number of benzene rings is 2. The molecule has 1 heterocycles. The number of esters is 1. The van der Waals surface area contributed by atoms with Gasteiger partial charge >= 0.3 is 11.7 Å². The van der Waals surface area contributed by atoms with E-state index in [2.05, 4.69) is 9.97 Å². The van der Waals surface area contributed by atoms with Gasteiger partial charge in [-0.1, -0.05) is 17.7 Å². The van der Waals surface area contributed by atoms with E-state index in [1.54, 1.807) is 36.4 Å². The van der Waals surface area contributed by atoms with E-state index in [9.17, 15) is 14.4 Å². The molecule has 116 valence electrons. The largest absolute Gasteiger partial charge is 0.454 e. The normalized spacial score (nSPS) is 10.7. The number of Topliss-reactive ketones (excluding diaryl/α,β-unsaturated/α-hetero) is 1. The first-order valence-electron chi connectivity index (χ1n) is 7.02. The first-order valence-corrected chi connectivity index (χ1v) is 7.02. The lowest BCUT2D eigenvalue weighted by molar-refractivity contribution is 0.0474. The number of H-pyrrole nitrogens is 2. The van der Waals surface area contributed by atoms with E-state index in [1.807, 2.05) is 13.0 Å². The number of aryl methyl sites for hydroxylation is 1. The lowest BCUT2D eigenvalue weighted by Gasteiger charge is -2.05. The van der Waals surface area contributed by atoms with Gasteiger partial charge in [0.25, 0.3) is 0 Å². The third kappa shape index (κ3) is 3.21. The minimum atomic E-state index is -0.543. The smallest absolute Gasteiger partial charge is 0.338 e. The van der Waals surface area contributed by atoms with Crippen LogP contribution in [0.3, 0.4) is 0 Å². The molecule has 0 aliphatic heterocycles. The molecular formula is C17H14N2O4. The van der Waals surface area contributed by atoms with E-state index in [4.69, 9.17) is 4.74 Å². The zero-order chi connectivity index (χ0) is 16.4. The zero-order valence-corrected chi connectivity index (χ0v) is 12.4. The molecule has 0 bridgehead atoms. The number of nitrogens with one attached hydrogen (secondary N) is 2. The standard InChI is InChI=1S/C17H14N2O4/c1-10-3-2-4-12(7-10)16(21)23-9-15(20)11-5-6-13-14(8-11)19-17(22)18-13/h2-8H,9H2,1H3,(H2,18,19,22). The van der Waals surface area contributed by atoms with Gasteiger partial charge in [-0.15, -0.1) is 0 Å². The number of aromatic nitrogens is 2. The Kier molecular flexibility index (Phi) is 3.80. The van der Waals surface area contributed by atoms with Crippen LogP contribution in [0.25, 0.3) is 11.0 Å². The van der Waals surface area contributed by atoms with Crippen molar-refractivity contribution in [1.29, 1.82) is 0 Å². The summed E-state index contributed by atoms with van der Waals surface area (Å²) in [5, 5.41) is 0. The Morgan fingerprint density at radius 2 is 1.78 bits per heavy atom. The maximum atomic E-state index is 12.1. The summed E-state index contributed by atoms with van der Waals surface area (Å²) in [6.45, 7) is 1.52. The van der Waals surface area contributed by atoms with Gasteiger partial charge in [0, 0.05) is 5.56 Å². The molecule has 3 rings (SSSR count). The Morgan fingerprint density at radius 1 is 1.00 bits per heavy atom. The molecule has 0 radical (unpaired) electrons. The Balaban J connectivity index is 1.70. The highest BCUT2D eigenvalue weighted by atomic mass is 16.5. The summed E-state index contributed by atoms with van der Waals surface area (Å²) in [5.41, 5.74) is 2.52. The zero-order valence-electron chi connectivity index (χ0n) is 12.4. The van der Waals surface area contributed by atoms with Crippen LogP contribution in [0.2, 0.25) is 0 Å². The third-order valence-corrected chi connectivity index (χ3v) is 3.43. The summed E-state index contributed by atoms with van der Waals surface area (Å²) in [6, 6.07) is 11.7. The molecule has 3 aromatic rings. The Hall–Kier alpha value is -3.15. The van der Waals surface area contributed by atoms with Crippen LogP contribution in [0.1, 0.15) is 26.3 Å². The van der Waals surface area contributed by atoms with Crippen LogP contribution < -0.4 is 5.69 Å². The average Bonchev–Trinajstić information content (AvgIpc) is 2.91. The van der Waals surface area contributed by atoms with Crippen LogP contribution in [-0.4, -0.2) is 28.3 Å². The number of fused-ring (bicyclic) bond motifs is 1. The number of aromatic amines is 2. The quantitative estimate of drug-likeness (QED) is 0.571. The fourth-order valence-corrected chi connectivity index (χ4v) is 2.28. The SMILES string of the molecule is Cc1cccc(C(=O)OCC(=O)c2ccc3[nH]c(=O)[nH]c3c2)c1. The predicted molar refractivity (Wildman–Crippen MR) is 84.7 cm³/mol. The topological polar surface area (TPSA) is 92.0 Å². The van der Waals surface area contributed by atoms with Crippen molar-refractivity contribution in [2.45, 2.75) is 6.92 Å². The second-order valence-corrected chi connectivity index (χ2v) is 5.21. The average molecular weight is 310 g/mol. The van der Waals surface area contributed by atoms with Gasteiger partial charge in [-0.2, -0.15) is 0 Å². The molecule has 2 aromatic carbocycles. The van der Waals surface area contributed by atoms with E-state index in [0.717, 1.165) is 5.56 Å². The number of imidazole rings is 1. The Labute approximate surface area is 131 Å². The lowest BCUT2D eigenvalue weighted by atomic mass is 10.1. The van der Waals surface area contributed by atoms with Crippen molar-refractivity contribution in [3.05, 3.63) is 69.6 Å².